The first-order chi connectivity index (χ1) is 9.13. The topological polar surface area (TPSA) is 46.6 Å². The number of rotatable bonds is 4. The minimum Gasteiger partial charge on any atom is -0.446 e. The summed E-state index contributed by atoms with van der Waals surface area (Å²) >= 11 is 0. The maximum Gasteiger partial charge on any atom is 0.417 e. The van der Waals surface area contributed by atoms with E-state index in [9.17, 15) is 9.59 Å². The highest BCUT2D eigenvalue weighted by Gasteiger charge is 2.38. The van der Waals surface area contributed by atoms with Crippen LogP contribution in [0.2, 0.25) is 0 Å². The first kappa shape index (κ1) is 13.6. The van der Waals surface area contributed by atoms with Gasteiger partial charge in [-0.3, -0.25) is 4.79 Å². The molecule has 0 radical (unpaired) electrons. The summed E-state index contributed by atoms with van der Waals surface area (Å²) in [6.45, 7) is 4.29. The molecule has 1 saturated heterocycles. The first-order valence-electron chi connectivity index (χ1n) is 6.67. The van der Waals surface area contributed by atoms with Crippen molar-refractivity contribution in [1.29, 1.82) is 0 Å². The van der Waals surface area contributed by atoms with Crippen molar-refractivity contribution in [3.8, 4) is 0 Å². The van der Waals surface area contributed by atoms with E-state index in [1.807, 2.05) is 44.2 Å². The molecule has 19 heavy (non-hydrogen) atoms. The summed E-state index contributed by atoms with van der Waals surface area (Å²) in [6, 6.07) is 9.24. The molecular weight excluding hydrogens is 242 g/mol. The monoisotopic (exact) mass is 261 g/mol. The van der Waals surface area contributed by atoms with Crippen LogP contribution in [0, 0.1) is 5.92 Å². The molecule has 1 aromatic carbocycles. The zero-order valence-electron chi connectivity index (χ0n) is 11.3. The molecule has 0 bridgehead atoms. The molecule has 2 amide bonds. The molecule has 0 aromatic heterocycles. The predicted molar refractivity (Wildman–Crippen MR) is 71.4 cm³/mol. The lowest BCUT2D eigenvalue weighted by molar-refractivity contribution is -0.130. The van der Waals surface area contributed by atoms with Gasteiger partial charge in [-0.1, -0.05) is 50.6 Å². The van der Waals surface area contributed by atoms with Crippen LogP contribution in [0.3, 0.4) is 0 Å². The van der Waals surface area contributed by atoms with Gasteiger partial charge in [0, 0.05) is 6.42 Å². The summed E-state index contributed by atoms with van der Waals surface area (Å²) < 4.78 is 5.04. The third kappa shape index (κ3) is 2.95. The summed E-state index contributed by atoms with van der Waals surface area (Å²) in [5.41, 5.74) is 0.936. The predicted octanol–water partition coefficient (Wildman–Crippen LogP) is 3.14. The van der Waals surface area contributed by atoms with Crippen molar-refractivity contribution in [2.24, 2.45) is 5.92 Å². The highest BCUT2D eigenvalue weighted by atomic mass is 16.6. The molecule has 2 rings (SSSR count). The Hall–Kier alpha value is -1.84. The third-order valence-electron chi connectivity index (χ3n) is 3.55. The van der Waals surface area contributed by atoms with Crippen molar-refractivity contribution in [3.05, 3.63) is 35.9 Å². The third-order valence-corrected chi connectivity index (χ3v) is 3.55. The van der Waals surface area contributed by atoms with Crippen LogP contribution < -0.4 is 0 Å². The highest BCUT2D eigenvalue weighted by molar-refractivity contribution is 5.93. The van der Waals surface area contributed by atoms with Gasteiger partial charge < -0.3 is 4.74 Å². The van der Waals surface area contributed by atoms with Crippen LogP contribution in [-0.2, 0) is 9.53 Å². The number of carbonyl (C=O) groups is 2. The van der Waals surface area contributed by atoms with E-state index in [-0.39, 0.29) is 24.5 Å². The standard InChI is InChI=1S/C15H19NO3/c1-3-11(2)9-14(17)16-13(10-19-15(16)18)12-7-5-4-6-8-12/h4-8,11,13H,3,9-10H2,1-2H3. The normalized spacial score (nSPS) is 20.2. The Morgan fingerprint density at radius 3 is 2.74 bits per heavy atom. The van der Waals surface area contributed by atoms with E-state index in [1.165, 1.54) is 4.90 Å². The SMILES string of the molecule is CCC(C)CC(=O)N1C(=O)OCC1c1ccccc1. The van der Waals surface area contributed by atoms with Gasteiger partial charge in [-0.15, -0.1) is 0 Å². The van der Waals surface area contributed by atoms with Gasteiger partial charge in [0.1, 0.15) is 12.6 Å². The van der Waals surface area contributed by atoms with Gasteiger partial charge in [-0.05, 0) is 11.5 Å². The molecule has 2 atom stereocenters. The zero-order chi connectivity index (χ0) is 13.8. The second kappa shape index (κ2) is 5.87. The Labute approximate surface area is 113 Å². The number of ether oxygens (including phenoxy) is 1. The molecule has 4 heteroatoms. The Bertz CT molecular complexity index is 458. The second-order valence-electron chi connectivity index (χ2n) is 4.98. The average Bonchev–Trinajstić information content (AvgIpc) is 2.81. The van der Waals surface area contributed by atoms with E-state index in [2.05, 4.69) is 0 Å². The van der Waals surface area contributed by atoms with Crippen molar-refractivity contribution < 1.29 is 14.3 Å². The molecule has 1 aliphatic rings. The van der Waals surface area contributed by atoms with Crippen LogP contribution in [0.15, 0.2) is 30.3 Å². The van der Waals surface area contributed by atoms with Crippen molar-refractivity contribution in [2.45, 2.75) is 32.7 Å². The van der Waals surface area contributed by atoms with Crippen LogP contribution >= 0.6 is 0 Å². The summed E-state index contributed by atoms with van der Waals surface area (Å²) in [7, 11) is 0. The first-order valence-corrected chi connectivity index (χ1v) is 6.67. The van der Waals surface area contributed by atoms with Crippen molar-refractivity contribution >= 4 is 12.0 Å². The summed E-state index contributed by atoms with van der Waals surface area (Å²) in [6.07, 6.45) is 0.779. The Morgan fingerprint density at radius 1 is 1.42 bits per heavy atom. The summed E-state index contributed by atoms with van der Waals surface area (Å²) in [5, 5.41) is 0. The molecule has 4 nitrogen and oxygen atoms in total. The van der Waals surface area contributed by atoms with Crippen LogP contribution in [-0.4, -0.2) is 23.5 Å². The number of cyclic esters (lactones) is 1. The lowest BCUT2D eigenvalue weighted by atomic mass is 10.0. The average molecular weight is 261 g/mol. The number of imide groups is 1. The van der Waals surface area contributed by atoms with E-state index in [0.717, 1.165) is 12.0 Å². The van der Waals surface area contributed by atoms with Gasteiger partial charge in [0.15, 0.2) is 0 Å². The molecule has 2 unspecified atom stereocenters. The lowest BCUT2D eigenvalue weighted by Crippen LogP contribution is -2.35. The molecule has 0 spiro atoms. The number of hydrogen-bond donors (Lipinski definition) is 0. The van der Waals surface area contributed by atoms with Gasteiger partial charge >= 0.3 is 6.09 Å². The van der Waals surface area contributed by atoms with E-state index in [0.29, 0.717) is 6.42 Å². The van der Waals surface area contributed by atoms with Crippen LogP contribution in [0.1, 0.15) is 38.3 Å². The summed E-state index contributed by atoms with van der Waals surface area (Å²) in [4.78, 5) is 25.3. The fraction of sp³-hybridized carbons (Fsp3) is 0.467. The Morgan fingerprint density at radius 2 is 2.11 bits per heavy atom. The maximum absolute atomic E-state index is 12.2. The molecule has 102 valence electrons. The second-order valence-corrected chi connectivity index (χ2v) is 4.98. The molecule has 1 fully saturated rings. The smallest absolute Gasteiger partial charge is 0.417 e. The minimum absolute atomic E-state index is 0.147. The lowest BCUT2D eigenvalue weighted by Gasteiger charge is -2.21. The molecule has 1 aliphatic heterocycles. The highest BCUT2D eigenvalue weighted by Crippen LogP contribution is 2.29. The van der Waals surface area contributed by atoms with Gasteiger partial charge in [0.2, 0.25) is 5.91 Å². The molecular formula is C15H19NO3. The van der Waals surface area contributed by atoms with Crippen molar-refractivity contribution in [3.63, 3.8) is 0 Å². The Kier molecular flexibility index (Phi) is 4.20. The summed E-state index contributed by atoms with van der Waals surface area (Å²) in [5.74, 6) is 0.128. The fourth-order valence-corrected chi connectivity index (χ4v) is 2.16. The largest absolute Gasteiger partial charge is 0.446 e. The van der Waals surface area contributed by atoms with Crippen LogP contribution in [0.4, 0.5) is 4.79 Å². The van der Waals surface area contributed by atoms with Gasteiger partial charge in [-0.2, -0.15) is 0 Å². The zero-order valence-corrected chi connectivity index (χ0v) is 11.3. The number of carbonyl (C=O) groups excluding carboxylic acids is 2. The maximum atomic E-state index is 12.2. The number of benzene rings is 1. The van der Waals surface area contributed by atoms with Crippen LogP contribution in [0.25, 0.3) is 0 Å². The minimum atomic E-state index is -0.526. The van der Waals surface area contributed by atoms with Crippen molar-refractivity contribution in [1.82, 2.24) is 4.90 Å². The van der Waals surface area contributed by atoms with Crippen molar-refractivity contribution in [2.75, 3.05) is 6.61 Å². The van der Waals surface area contributed by atoms with Gasteiger partial charge in [-0.25, -0.2) is 9.69 Å². The van der Waals surface area contributed by atoms with E-state index in [4.69, 9.17) is 4.74 Å². The fourth-order valence-electron chi connectivity index (χ4n) is 2.16. The Balaban J connectivity index is 2.16. The van der Waals surface area contributed by atoms with Crippen LogP contribution in [0.5, 0.6) is 0 Å². The molecule has 1 aromatic rings. The molecule has 1 heterocycles. The van der Waals surface area contributed by atoms with Gasteiger partial charge in [0.25, 0.3) is 0 Å². The number of amides is 2. The molecule has 0 N–H and O–H groups in total. The molecule has 0 saturated carbocycles. The van der Waals surface area contributed by atoms with E-state index < -0.39 is 6.09 Å². The quantitative estimate of drug-likeness (QED) is 0.836. The van der Waals surface area contributed by atoms with E-state index in [1.54, 1.807) is 0 Å². The van der Waals surface area contributed by atoms with Gasteiger partial charge in [0.05, 0.1) is 0 Å². The molecule has 0 aliphatic carbocycles. The van der Waals surface area contributed by atoms with E-state index >= 15 is 0 Å². The number of nitrogens with zero attached hydrogens (tertiary/aromatic N) is 1. The number of hydrogen-bond acceptors (Lipinski definition) is 3.